The van der Waals surface area contributed by atoms with Gasteiger partial charge in [-0.25, -0.2) is 4.99 Å². The molecule has 0 unspecified atom stereocenters. The first-order valence-electron chi connectivity index (χ1n) is 16.4. The van der Waals surface area contributed by atoms with E-state index in [0.29, 0.717) is 5.90 Å². The SMILES string of the molecule is CC(C)[C@H]1N=C(c2ccccc2P(c2ccccc2)c2ccccc2)OC1(c1ccc2ccccc2c1)c1ccc2ccccc2c1. The van der Waals surface area contributed by atoms with Gasteiger partial charge in [0, 0.05) is 16.7 Å². The lowest BCUT2D eigenvalue weighted by Gasteiger charge is -2.37. The molecule has 228 valence electrons. The second-order valence-electron chi connectivity index (χ2n) is 12.6. The molecule has 0 saturated heterocycles. The third-order valence-electron chi connectivity index (χ3n) is 9.32. The molecule has 47 heavy (non-hydrogen) atoms. The topological polar surface area (TPSA) is 21.6 Å². The van der Waals surface area contributed by atoms with E-state index >= 15 is 0 Å². The fourth-order valence-corrected chi connectivity index (χ4v) is 9.54. The molecular formula is C44H36NOP. The molecule has 0 bridgehead atoms. The molecule has 0 fully saturated rings. The van der Waals surface area contributed by atoms with E-state index in [1.165, 1.54) is 37.5 Å². The van der Waals surface area contributed by atoms with Crippen molar-refractivity contribution in [3.8, 4) is 0 Å². The zero-order valence-electron chi connectivity index (χ0n) is 26.6. The van der Waals surface area contributed by atoms with Crippen LogP contribution >= 0.6 is 7.92 Å². The molecule has 0 spiro atoms. The summed E-state index contributed by atoms with van der Waals surface area (Å²) >= 11 is 0. The van der Waals surface area contributed by atoms with Crippen molar-refractivity contribution in [2.45, 2.75) is 25.5 Å². The van der Waals surface area contributed by atoms with Crippen molar-refractivity contribution in [1.29, 1.82) is 0 Å². The Morgan fingerprint density at radius 3 is 1.53 bits per heavy atom. The Kier molecular flexibility index (Phi) is 7.68. The van der Waals surface area contributed by atoms with E-state index in [9.17, 15) is 0 Å². The van der Waals surface area contributed by atoms with Crippen molar-refractivity contribution in [1.82, 2.24) is 0 Å². The van der Waals surface area contributed by atoms with Crippen LogP contribution in [0.15, 0.2) is 175 Å². The van der Waals surface area contributed by atoms with Gasteiger partial charge in [-0.05, 0) is 69.5 Å². The van der Waals surface area contributed by atoms with Gasteiger partial charge < -0.3 is 4.74 Å². The van der Waals surface area contributed by atoms with Crippen LogP contribution in [0.5, 0.6) is 0 Å². The Balaban J connectivity index is 1.34. The van der Waals surface area contributed by atoms with Gasteiger partial charge in [-0.1, -0.05) is 166 Å². The molecule has 0 aromatic heterocycles. The minimum atomic E-state index is -0.860. The monoisotopic (exact) mass is 625 g/mol. The number of aliphatic imine (C=N–C) groups is 1. The van der Waals surface area contributed by atoms with E-state index in [1.807, 2.05) is 0 Å². The van der Waals surface area contributed by atoms with Crippen molar-refractivity contribution in [3.05, 3.63) is 187 Å². The second kappa shape index (κ2) is 12.3. The van der Waals surface area contributed by atoms with Crippen molar-refractivity contribution in [2.24, 2.45) is 10.9 Å². The summed E-state index contributed by atoms with van der Waals surface area (Å²) in [6, 6.07) is 61.0. The molecule has 2 nitrogen and oxygen atoms in total. The lowest BCUT2D eigenvalue weighted by atomic mass is 9.75. The van der Waals surface area contributed by atoms with Crippen molar-refractivity contribution in [2.75, 3.05) is 0 Å². The summed E-state index contributed by atoms with van der Waals surface area (Å²) in [6.07, 6.45) is 0. The van der Waals surface area contributed by atoms with Crippen LogP contribution in [-0.2, 0) is 10.3 Å². The molecule has 0 saturated carbocycles. The zero-order chi connectivity index (χ0) is 31.8. The summed E-state index contributed by atoms with van der Waals surface area (Å²) in [6.45, 7) is 4.54. The molecule has 7 aromatic carbocycles. The summed E-state index contributed by atoms with van der Waals surface area (Å²) in [5.41, 5.74) is 2.48. The lowest BCUT2D eigenvalue weighted by Crippen LogP contribution is -2.42. The summed E-state index contributed by atoms with van der Waals surface area (Å²) in [5.74, 6) is 0.919. The van der Waals surface area contributed by atoms with Gasteiger partial charge >= 0.3 is 0 Å². The van der Waals surface area contributed by atoms with Gasteiger partial charge in [0.25, 0.3) is 0 Å². The maximum atomic E-state index is 7.50. The summed E-state index contributed by atoms with van der Waals surface area (Å²) in [5, 5.41) is 8.67. The van der Waals surface area contributed by atoms with Crippen LogP contribution < -0.4 is 15.9 Å². The quantitative estimate of drug-likeness (QED) is 0.162. The van der Waals surface area contributed by atoms with Crippen LogP contribution in [0.1, 0.15) is 30.5 Å². The first-order valence-corrected chi connectivity index (χ1v) is 17.7. The van der Waals surface area contributed by atoms with Crippen molar-refractivity contribution in [3.63, 3.8) is 0 Å². The number of ether oxygens (including phenoxy) is 1. The maximum absolute atomic E-state index is 7.50. The van der Waals surface area contributed by atoms with Crippen LogP contribution in [0.25, 0.3) is 21.5 Å². The van der Waals surface area contributed by atoms with Crippen LogP contribution in [0.4, 0.5) is 0 Å². The van der Waals surface area contributed by atoms with Crippen molar-refractivity contribution >= 4 is 51.3 Å². The van der Waals surface area contributed by atoms with E-state index < -0.39 is 13.5 Å². The molecule has 0 amide bonds. The number of fused-ring (bicyclic) bond motifs is 2. The fourth-order valence-electron chi connectivity index (χ4n) is 7.10. The van der Waals surface area contributed by atoms with Crippen LogP contribution in [0.2, 0.25) is 0 Å². The fraction of sp³-hybridized carbons (Fsp3) is 0.114. The van der Waals surface area contributed by atoms with Gasteiger partial charge in [-0.2, -0.15) is 0 Å². The maximum Gasteiger partial charge on any atom is 0.218 e. The summed E-state index contributed by atoms with van der Waals surface area (Å²) < 4.78 is 7.50. The average molecular weight is 626 g/mol. The van der Waals surface area contributed by atoms with Gasteiger partial charge in [0.15, 0.2) is 5.60 Å². The van der Waals surface area contributed by atoms with Gasteiger partial charge in [0.05, 0.1) is 0 Å². The molecule has 1 aliphatic rings. The molecular weight excluding hydrogens is 589 g/mol. The molecule has 1 atom stereocenters. The highest BCUT2D eigenvalue weighted by molar-refractivity contribution is 7.80. The zero-order valence-corrected chi connectivity index (χ0v) is 27.5. The molecule has 1 heterocycles. The predicted molar refractivity (Wildman–Crippen MR) is 200 cm³/mol. The number of rotatable bonds is 7. The third kappa shape index (κ3) is 5.24. The van der Waals surface area contributed by atoms with Crippen LogP contribution in [0, 0.1) is 5.92 Å². The molecule has 0 radical (unpaired) electrons. The Hall–Kier alpha value is -5.04. The van der Waals surface area contributed by atoms with Crippen LogP contribution in [-0.4, -0.2) is 11.9 Å². The first kappa shape index (κ1) is 29.4. The van der Waals surface area contributed by atoms with Gasteiger partial charge in [0.1, 0.15) is 6.04 Å². The van der Waals surface area contributed by atoms with E-state index in [4.69, 9.17) is 9.73 Å². The Labute approximate surface area is 278 Å². The Morgan fingerprint density at radius 2 is 1.00 bits per heavy atom. The van der Waals surface area contributed by atoms with E-state index in [2.05, 4.69) is 184 Å². The highest BCUT2D eigenvalue weighted by Gasteiger charge is 2.51. The average Bonchev–Trinajstić information content (AvgIpc) is 3.55. The van der Waals surface area contributed by atoms with Gasteiger partial charge in [0.2, 0.25) is 5.90 Å². The molecule has 0 N–H and O–H groups in total. The minimum absolute atomic E-state index is 0.146. The van der Waals surface area contributed by atoms with Gasteiger partial charge in [-0.15, -0.1) is 0 Å². The van der Waals surface area contributed by atoms with E-state index in [0.717, 1.165) is 16.7 Å². The molecule has 3 heteroatoms. The number of benzene rings is 7. The molecule has 0 aliphatic carbocycles. The van der Waals surface area contributed by atoms with Crippen molar-refractivity contribution < 1.29 is 4.74 Å². The number of hydrogen-bond acceptors (Lipinski definition) is 2. The first-order chi connectivity index (χ1) is 23.1. The Bertz CT molecular complexity index is 2100. The standard InChI is InChI=1S/C44H36NOP/c1-31(2)42-44(36-27-25-32-15-9-11-17-34(32)29-36,37-28-26-33-16-10-12-18-35(33)30-37)46-43(45-42)40-23-13-14-24-41(40)47(38-19-5-3-6-20-38)39-21-7-4-8-22-39/h3-31,42H,1-2H3/t42-/m1/s1. The van der Waals surface area contributed by atoms with E-state index in [1.54, 1.807) is 0 Å². The highest BCUT2D eigenvalue weighted by Crippen LogP contribution is 2.48. The van der Waals surface area contributed by atoms with Gasteiger partial charge in [-0.3, -0.25) is 0 Å². The predicted octanol–water partition coefficient (Wildman–Crippen LogP) is 9.50. The lowest BCUT2D eigenvalue weighted by molar-refractivity contribution is 0.0819. The molecule has 8 rings (SSSR count). The molecule has 1 aliphatic heterocycles. The van der Waals surface area contributed by atoms with E-state index in [-0.39, 0.29) is 12.0 Å². The largest absolute Gasteiger partial charge is 0.459 e. The third-order valence-corrected chi connectivity index (χ3v) is 11.8. The van der Waals surface area contributed by atoms with Crippen LogP contribution in [0.3, 0.4) is 0 Å². The second-order valence-corrected chi connectivity index (χ2v) is 14.8. The summed E-state index contributed by atoms with van der Waals surface area (Å²) in [7, 11) is -0.860. The number of nitrogens with zero attached hydrogens (tertiary/aromatic N) is 1. The smallest absolute Gasteiger partial charge is 0.218 e. The Morgan fingerprint density at radius 1 is 0.532 bits per heavy atom. The minimum Gasteiger partial charge on any atom is -0.459 e. The number of hydrogen-bond donors (Lipinski definition) is 0. The summed E-state index contributed by atoms with van der Waals surface area (Å²) in [4.78, 5) is 5.56. The normalized spacial score (nSPS) is 15.7. The molecule has 7 aromatic rings. The highest BCUT2D eigenvalue weighted by atomic mass is 31.1.